The zero-order valence-electron chi connectivity index (χ0n) is 15.6. The number of aryl methyl sites for hydroxylation is 2. The first-order valence-electron chi connectivity index (χ1n) is 8.94. The minimum atomic E-state index is 0.148. The minimum Gasteiger partial charge on any atom is -0.368 e. The number of piperazine rings is 1. The topological polar surface area (TPSA) is 53.4 Å². The number of rotatable bonds is 5. The SMILES string of the molecule is Cc1nn(C)c(C)c1CNCC(=O)N1CCN(c2cccc(Cl)c2)CC1. The van der Waals surface area contributed by atoms with Crippen LogP contribution in [0.15, 0.2) is 24.3 Å². The summed E-state index contributed by atoms with van der Waals surface area (Å²) in [5, 5.41) is 8.42. The largest absolute Gasteiger partial charge is 0.368 e. The molecule has 140 valence electrons. The third kappa shape index (κ3) is 4.19. The van der Waals surface area contributed by atoms with E-state index in [1.807, 2.05) is 48.7 Å². The van der Waals surface area contributed by atoms with Gasteiger partial charge in [-0.3, -0.25) is 9.48 Å². The molecule has 7 heteroatoms. The van der Waals surface area contributed by atoms with Crippen molar-refractivity contribution in [2.75, 3.05) is 37.6 Å². The Hall–Kier alpha value is -2.05. The van der Waals surface area contributed by atoms with Gasteiger partial charge in [0.25, 0.3) is 0 Å². The number of carbonyl (C=O) groups excluding carboxylic acids is 1. The molecule has 0 unspecified atom stereocenters. The van der Waals surface area contributed by atoms with Gasteiger partial charge in [-0.15, -0.1) is 0 Å². The summed E-state index contributed by atoms with van der Waals surface area (Å²) >= 11 is 6.07. The summed E-state index contributed by atoms with van der Waals surface area (Å²) in [7, 11) is 1.94. The lowest BCUT2D eigenvalue weighted by molar-refractivity contribution is -0.130. The van der Waals surface area contributed by atoms with Crippen LogP contribution in [-0.2, 0) is 18.4 Å². The van der Waals surface area contributed by atoms with E-state index in [9.17, 15) is 4.79 Å². The number of amides is 1. The van der Waals surface area contributed by atoms with E-state index < -0.39 is 0 Å². The van der Waals surface area contributed by atoms with E-state index in [0.29, 0.717) is 13.1 Å². The maximum Gasteiger partial charge on any atom is 0.236 e. The van der Waals surface area contributed by atoms with Crippen LogP contribution in [0.2, 0.25) is 5.02 Å². The second-order valence-electron chi connectivity index (χ2n) is 6.72. The van der Waals surface area contributed by atoms with Crippen LogP contribution in [-0.4, -0.2) is 53.3 Å². The average molecular weight is 376 g/mol. The summed E-state index contributed by atoms with van der Waals surface area (Å²) in [6.07, 6.45) is 0. The van der Waals surface area contributed by atoms with Gasteiger partial charge in [-0.05, 0) is 32.0 Å². The first kappa shape index (κ1) is 18.7. The maximum atomic E-state index is 12.5. The summed E-state index contributed by atoms with van der Waals surface area (Å²) in [4.78, 5) is 16.7. The van der Waals surface area contributed by atoms with Crippen molar-refractivity contribution >= 4 is 23.2 Å². The predicted molar refractivity (Wildman–Crippen MR) is 105 cm³/mol. The van der Waals surface area contributed by atoms with Crippen LogP contribution in [0.5, 0.6) is 0 Å². The molecule has 0 spiro atoms. The van der Waals surface area contributed by atoms with Gasteiger partial charge in [0.2, 0.25) is 5.91 Å². The van der Waals surface area contributed by atoms with Crippen molar-refractivity contribution in [3.05, 3.63) is 46.2 Å². The van der Waals surface area contributed by atoms with Gasteiger partial charge in [-0.1, -0.05) is 17.7 Å². The Balaban J connectivity index is 1.46. The number of halogens is 1. The number of carbonyl (C=O) groups is 1. The summed E-state index contributed by atoms with van der Waals surface area (Å²) in [5.41, 5.74) is 4.44. The van der Waals surface area contributed by atoms with Crippen molar-refractivity contribution in [2.45, 2.75) is 20.4 Å². The van der Waals surface area contributed by atoms with Crippen molar-refractivity contribution in [2.24, 2.45) is 7.05 Å². The molecule has 1 amide bonds. The van der Waals surface area contributed by atoms with E-state index in [-0.39, 0.29) is 5.91 Å². The fourth-order valence-corrected chi connectivity index (χ4v) is 3.55. The highest BCUT2D eigenvalue weighted by Gasteiger charge is 2.21. The molecule has 1 aliphatic rings. The molecule has 0 saturated carbocycles. The molecule has 3 rings (SSSR count). The lowest BCUT2D eigenvalue weighted by atomic mass is 10.2. The highest BCUT2D eigenvalue weighted by atomic mass is 35.5. The monoisotopic (exact) mass is 375 g/mol. The van der Waals surface area contributed by atoms with E-state index in [1.54, 1.807) is 0 Å². The van der Waals surface area contributed by atoms with Gasteiger partial charge in [0.05, 0.1) is 12.2 Å². The Morgan fingerprint density at radius 1 is 1.23 bits per heavy atom. The van der Waals surface area contributed by atoms with Crippen LogP contribution < -0.4 is 10.2 Å². The molecule has 1 aliphatic heterocycles. The Kier molecular flexibility index (Phi) is 5.84. The number of benzene rings is 1. The summed E-state index contributed by atoms with van der Waals surface area (Å²) in [5.74, 6) is 0.148. The number of hydrogen-bond acceptors (Lipinski definition) is 4. The van der Waals surface area contributed by atoms with E-state index in [0.717, 1.165) is 48.3 Å². The van der Waals surface area contributed by atoms with Gasteiger partial charge in [0.15, 0.2) is 0 Å². The van der Waals surface area contributed by atoms with Gasteiger partial charge in [-0.25, -0.2) is 0 Å². The fraction of sp³-hybridized carbons (Fsp3) is 0.474. The fourth-order valence-electron chi connectivity index (χ4n) is 3.37. The molecule has 2 heterocycles. The lowest BCUT2D eigenvalue weighted by Crippen LogP contribution is -2.50. The Labute approximate surface area is 159 Å². The normalized spacial score (nSPS) is 14.8. The molecule has 1 fully saturated rings. The van der Waals surface area contributed by atoms with Crippen LogP contribution in [0.4, 0.5) is 5.69 Å². The molecule has 0 aliphatic carbocycles. The first-order chi connectivity index (χ1) is 12.5. The molecule has 1 aromatic heterocycles. The molecular formula is C19H26ClN5O. The van der Waals surface area contributed by atoms with Gasteiger partial charge in [-0.2, -0.15) is 5.10 Å². The van der Waals surface area contributed by atoms with E-state index >= 15 is 0 Å². The molecule has 2 aromatic rings. The molecule has 1 aromatic carbocycles. The highest BCUT2D eigenvalue weighted by molar-refractivity contribution is 6.30. The number of aromatic nitrogens is 2. The van der Waals surface area contributed by atoms with Crippen LogP contribution >= 0.6 is 11.6 Å². The Morgan fingerprint density at radius 2 is 1.96 bits per heavy atom. The van der Waals surface area contributed by atoms with Crippen molar-refractivity contribution in [3.8, 4) is 0 Å². The molecule has 26 heavy (non-hydrogen) atoms. The van der Waals surface area contributed by atoms with Crippen molar-refractivity contribution in [1.29, 1.82) is 0 Å². The average Bonchev–Trinajstić information content (AvgIpc) is 2.88. The smallest absolute Gasteiger partial charge is 0.236 e. The molecule has 0 atom stereocenters. The van der Waals surface area contributed by atoms with E-state index in [4.69, 9.17) is 11.6 Å². The van der Waals surface area contributed by atoms with Crippen LogP contribution in [0.25, 0.3) is 0 Å². The second kappa shape index (κ2) is 8.10. The quantitative estimate of drug-likeness (QED) is 0.869. The minimum absolute atomic E-state index is 0.148. The van der Waals surface area contributed by atoms with Gasteiger partial charge in [0, 0.05) is 61.7 Å². The van der Waals surface area contributed by atoms with Crippen LogP contribution in [0.3, 0.4) is 0 Å². The summed E-state index contributed by atoms with van der Waals surface area (Å²) in [6, 6.07) is 7.87. The Morgan fingerprint density at radius 3 is 2.58 bits per heavy atom. The number of anilines is 1. The van der Waals surface area contributed by atoms with Gasteiger partial charge >= 0.3 is 0 Å². The van der Waals surface area contributed by atoms with E-state index in [2.05, 4.69) is 21.4 Å². The van der Waals surface area contributed by atoms with Crippen LogP contribution in [0.1, 0.15) is 17.0 Å². The van der Waals surface area contributed by atoms with Gasteiger partial charge < -0.3 is 15.1 Å². The molecule has 0 bridgehead atoms. The zero-order valence-corrected chi connectivity index (χ0v) is 16.4. The van der Waals surface area contributed by atoms with Crippen molar-refractivity contribution < 1.29 is 4.79 Å². The second-order valence-corrected chi connectivity index (χ2v) is 7.16. The maximum absolute atomic E-state index is 12.5. The number of hydrogen-bond donors (Lipinski definition) is 1. The summed E-state index contributed by atoms with van der Waals surface area (Å²) < 4.78 is 1.88. The molecule has 1 N–H and O–H groups in total. The number of nitrogens with one attached hydrogen (secondary N) is 1. The van der Waals surface area contributed by atoms with Crippen molar-refractivity contribution in [1.82, 2.24) is 20.0 Å². The number of nitrogens with zero attached hydrogens (tertiary/aromatic N) is 4. The first-order valence-corrected chi connectivity index (χ1v) is 9.31. The Bertz CT molecular complexity index is 780. The molecular weight excluding hydrogens is 350 g/mol. The third-order valence-corrected chi connectivity index (χ3v) is 5.28. The van der Waals surface area contributed by atoms with E-state index in [1.165, 1.54) is 5.56 Å². The summed E-state index contributed by atoms with van der Waals surface area (Å²) in [6.45, 7) is 8.19. The predicted octanol–water partition coefficient (Wildman–Crippen LogP) is 2.13. The third-order valence-electron chi connectivity index (χ3n) is 5.04. The van der Waals surface area contributed by atoms with Crippen LogP contribution in [0, 0.1) is 13.8 Å². The van der Waals surface area contributed by atoms with Gasteiger partial charge in [0.1, 0.15) is 0 Å². The molecule has 0 radical (unpaired) electrons. The highest BCUT2D eigenvalue weighted by Crippen LogP contribution is 2.20. The zero-order chi connectivity index (χ0) is 18.7. The standard InChI is InChI=1S/C19H26ClN5O/c1-14-18(15(2)23(3)22-14)12-21-13-19(26)25-9-7-24(8-10-25)17-6-4-5-16(20)11-17/h4-6,11,21H,7-10,12-13H2,1-3H3. The lowest BCUT2D eigenvalue weighted by Gasteiger charge is -2.36. The molecule has 1 saturated heterocycles. The molecule has 6 nitrogen and oxygen atoms in total. The van der Waals surface area contributed by atoms with Crippen molar-refractivity contribution in [3.63, 3.8) is 0 Å².